The largest absolute Gasteiger partial charge is 0.389 e. The Kier molecular flexibility index (Phi) is 8.67. The fourth-order valence-corrected chi connectivity index (χ4v) is 2.28. The Labute approximate surface area is 106 Å². The lowest BCUT2D eigenvalue weighted by Crippen LogP contribution is -2.39. The van der Waals surface area contributed by atoms with Gasteiger partial charge in [0.1, 0.15) is 0 Å². The average molecular weight is 243 g/mol. The van der Waals surface area contributed by atoms with Crippen molar-refractivity contribution < 1.29 is 9.84 Å². The minimum Gasteiger partial charge on any atom is -0.389 e. The van der Waals surface area contributed by atoms with E-state index < -0.39 is 0 Å². The van der Waals surface area contributed by atoms with Crippen LogP contribution in [0, 0.1) is 0 Å². The van der Waals surface area contributed by atoms with Crippen LogP contribution < -0.4 is 5.32 Å². The summed E-state index contributed by atoms with van der Waals surface area (Å²) in [4.78, 5) is 0. The topological polar surface area (TPSA) is 41.5 Å². The van der Waals surface area contributed by atoms with Crippen LogP contribution in [0.1, 0.15) is 58.3 Å². The van der Waals surface area contributed by atoms with Crippen LogP contribution in [0.15, 0.2) is 0 Å². The molecule has 3 nitrogen and oxygen atoms in total. The standard InChI is InChI=1S/C14H29NO2/c1-2-3-4-5-6-7-8-9-10-15-13-11-17-12-14(13)16/h13-16H,2-12H2,1H3. The second kappa shape index (κ2) is 9.86. The van der Waals surface area contributed by atoms with Crippen molar-refractivity contribution in [3.8, 4) is 0 Å². The molecule has 0 aliphatic carbocycles. The maximum atomic E-state index is 9.52. The molecule has 1 heterocycles. The minimum atomic E-state index is -0.302. The zero-order chi connectivity index (χ0) is 12.3. The van der Waals surface area contributed by atoms with Gasteiger partial charge in [-0.3, -0.25) is 0 Å². The summed E-state index contributed by atoms with van der Waals surface area (Å²) in [7, 11) is 0. The maximum Gasteiger partial charge on any atom is 0.0948 e. The molecular formula is C14H29NO2. The number of nitrogens with one attached hydrogen (secondary N) is 1. The lowest BCUT2D eigenvalue weighted by Gasteiger charge is -2.14. The number of rotatable bonds is 10. The first-order valence-corrected chi connectivity index (χ1v) is 7.33. The van der Waals surface area contributed by atoms with E-state index in [1.54, 1.807) is 0 Å². The van der Waals surface area contributed by atoms with Crippen molar-refractivity contribution >= 4 is 0 Å². The molecule has 1 saturated heterocycles. The molecule has 0 spiro atoms. The fraction of sp³-hybridized carbons (Fsp3) is 1.00. The molecule has 2 atom stereocenters. The number of hydrogen-bond donors (Lipinski definition) is 2. The second-order valence-corrected chi connectivity index (χ2v) is 5.14. The predicted octanol–water partition coefficient (Wildman–Crippen LogP) is 2.48. The minimum absolute atomic E-state index is 0.166. The highest BCUT2D eigenvalue weighted by Crippen LogP contribution is 2.09. The highest BCUT2D eigenvalue weighted by Gasteiger charge is 2.24. The van der Waals surface area contributed by atoms with Crippen molar-refractivity contribution in [2.24, 2.45) is 0 Å². The highest BCUT2D eigenvalue weighted by molar-refractivity contribution is 4.80. The average Bonchev–Trinajstić information content (AvgIpc) is 2.73. The molecule has 0 aromatic heterocycles. The smallest absolute Gasteiger partial charge is 0.0948 e. The van der Waals surface area contributed by atoms with Gasteiger partial charge in [-0.15, -0.1) is 0 Å². The first-order valence-electron chi connectivity index (χ1n) is 7.33. The van der Waals surface area contributed by atoms with Crippen LogP contribution in [-0.4, -0.2) is 37.0 Å². The van der Waals surface area contributed by atoms with E-state index in [9.17, 15) is 5.11 Å². The first kappa shape index (κ1) is 14.9. The van der Waals surface area contributed by atoms with E-state index in [-0.39, 0.29) is 12.1 Å². The van der Waals surface area contributed by atoms with Crippen LogP contribution in [0.25, 0.3) is 0 Å². The van der Waals surface area contributed by atoms with Crippen molar-refractivity contribution in [2.75, 3.05) is 19.8 Å². The SMILES string of the molecule is CCCCCCCCCCNC1COCC1O. The third-order valence-electron chi connectivity index (χ3n) is 3.49. The first-order chi connectivity index (χ1) is 8.34. The number of aliphatic hydroxyl groups excluding tert-OH is 1. The highest BCUT2D eigenvalue weighted by atomic mass is 16.5. The Balaban J connectivity index is 1.78. The van der Waals surface area contributed by atoms with Crippen molar-refractivity contribution in [1.29, 1.82) is 0 Å². The molecule has 1 rings (SSSR count). The lowest BCUT2D eigenvalue weighted by atomic mass is 10.1. The summed E-state index contributed by atoms with van der Waals surface area (Å²) in [5.41, 5.74) is 0. The molecule has 2 unspecified atom stereocenters. The van der Waals surface area contributed by atoms with Crippen LogP contribution >= 0.6 is 0 Å². The monoisotopic (exact) mass is 243 g/mol. The van der Waals surface area contributed by atoms with Crippen molar-refractivity contribution in [2.45, 2.75) is 70.4 Å². The van der Waals surface area contributed by atoms with Gasteiger partial charge in [-0.2, -0.15) is 0 Å². The van der Waals surface area contributed by atoms with E-state index in [4.69, 9.17) is 4.74 Å². The van der Waals surface area contributed by atoms with E-state index >= 15 is 0 Å². The molecule has 1 aliphatic heterocycles. The van der Waals surface area contributed by atoms with Crippen molar-refractivity contribution in [1.82, 2.24) is 5.32 Å². The van der Waals surface area contributed by atoms with Gasteiger partial charge in [0.15, 0.2) is 0 Å². The maximum absolute atomic E-state index is 9.52. The molecule has 0 amide bonds. The van der Waals surface area contributed by atoms with Crippen LogP contribution in [-0.2, 0) is 4.74 Å². The lowest BCUT2D eigenvalue weighted by molar-refractivity contribution is 0.122. The molecule has 0 bridgehead atoms. The van der Waals surface area contributed by atoms with Gasteiger partial charge in [0.2, 0.25) is 0 Å². The fourth-order valence-electron chi connectivity index (χ4n) is 2.28. The molecule has 2 N–H and O–H groups in total. The van der Waals surface area contributed by atoms with Crippen LogP contribution in [0.4, 0.5) is 0 Å². The van der Waals surface area contributed by atoms with Crippen LogP contribution in [0.3, 0.4) is 0 Å². The van der Waals surface area contributed by atoms with E-state index in [2.05, 4.69) is 12.2 Å². The summed E-state index contributed by atoms with van der Waals surface area (Å²) >= 11 is 0. The normalized spacial score (nSPS) is 24.4. The number of aliphatic hydroxyl groups is 1. The van der Waals surface area contributed by atoms with Crippen molar-refractivity contribution in [3.05, 3.63) is 0 Å². The van der Waals surface area contributed by atoms with Crippen molar-refractivity contribution in [3.63, 3.8) is 0 Å². The van der Waals surface area contributed by atoms with Gasteiger partial charge in [-0.05, 0) is 13.0 Å². The van der Waals surface area contributed by atoms with E-state index in [0.29, 0.717) is 13.2 Å². The molecule has 0 aromatic carbocycles. The van der Waals surface area contributed by atoms with Crippen LogP contribution in [0.2, 0.25) is 0 Å². The Morgan fingerprint density at radius 1 is 1.00 bits per heavy atom. The summed E-state index contributed by atoms with van der Waals surface area (Å²) in [6.45, 7) is 4.43. The number of ether oxygens (including phenoxy) is 1. The molecule has 1 aliphatic rings. The van der Waals surface area contributed by atoms with Gasteiger partial charge >= 0.3 is 0 Å². The summed E-state index contributed by atoms with van der Waals surface area (Å²) in [5, 5.41) is 12.9. The molecule has 0 radical (unpaired) electrons. The quantitative estimate of drug-likeness (QED) is 0.579. The molecule has 1 fully saturated rings. The van der Waals surface area contributed by atoms with Gasteiger partial charge in [-0.25, -0.2) is 0 Å². The number of hydrogen-bond acceptors (Lipinski definition) is 3. The molecule has 0 aromatic rings. The third kappa shape index (κ3) is 7.02. The van der Waals surface area contributed by atoms with Gasteiger partial charge < -0.3 is 15.2 Å². The van der Waals surface area contributed by atoms with Gasteiger partial charge in [0.25, 0.3) is 0 Å². The Hall–Kier alpha value is -0.120. The van der Waals surface area contributed by atoms with Gasteiger partial charge in [0, 0.05) is 0 Å². The van der Waals surface area contributed by atoms with E-state index in [1.165, 1.54) is 51.4 Å². The van der Waals surface area contributed by atoms with Gasteiger partial charge in [-0.1, -0.05) is 51.9 Å². The predicted molar refractivity (Wildman–Crippen MR) is 71.2 cm³/mol. The molecule has 17 heavy (non-hydrogen) atoms. The van der Waals surface area contributed by atoms with Gasteiger partial charge in [0.05, 0.1) is 25.4 Å². The summed E-state index contributed by atoms with van der Waals surface area (Å²) in [6.07, 6.45) is 10.5. The Morgan fingerprint density at radius 3 is 2.24 bits per heavy atom. The summed E-state index contributed by atoms with van der Waals surface area (Å²) in [6, 6.07) is 0.166. The molecule has 0 saturated carbocycles. The zero-order valence-corrected chi connectivity index (χ0v) is 11.3. The van der Waals surface area contributed by atoms with Crippen LogP contribution in [0.5, 0.6) is 0 Å². The summed E-state index contributed by atoms with van der Waals surface area (Å²) in [5.74, 6) is 0. The Bertz CT molecular complexity index is 176. The molecule has 102 valence electrons. The summed E-state index contributed by atoms with van der Waals surface area (Å²) < 4.78 is 5.19. The van der Waals surface area contributed by atoms with E-state index in [0.717, 1.165) is 6.54 Å². The zero-order valence-electron chi connectivity index (χ0n) is 11.3. The number of unbranched alkanes of at least 4 members (excludes halogenated alkanes) is 7. The molecule has 3 heteroatoms. The molecular weight excluding hydrogens is 214 g/mol. The third-order valence-corrected chi connectivity index (χ3v) is 3.49. The Morgan fingerprint density at radius 2 is 1.65 bits per heavy atom. The second-order valence-electron chi connectivity index (χ2n) is 5.14. The van der Waals surface area contributed by atoms with E-state index in [1.807, 2.05) is 0 Å².